The van der Waals surface area contributed by atoms with Crippen LogP contribution in [0.2, 0.25) is 5.02 Å². The van der Waals surface area contributed by atoms with E-state index in [4.69, 9.17) is 21.1 Å². The van der Waals surface area contributed by atoms with Crippen molar-refractivity contribution in [2.75, 3.05) is 6.79 Å². The first-order chi connectivity index (χ1) is 12.1. The number of ether oxygens (including phenoxy) is 2. The van der Waals surface area contributed by atoms with E-state index in [1.807, 2.05) is 30.3 Å². The first kappa shape index (κ1) is 16.1. The molecule has 1 saturated heterocycles. The van der Waals surface area contributed by atoms with E-state index in [0.717, 1.165) is 17.3 Å². The van der Waals surface area contributed by atoms with Gasteiger partial charge >= 0.3 is 0 Å². The van der Waals surface area contributed by atoms with E-state index in [9.17, 15) is 9.59 Å². The molecule has 2 heterocycles. The number of fused-ring (bicyclic) bond motifs is 1. The summed E-state index contributed by atoms with van der Waals surface area (Å²) in [4.78, 5) is 26.4. The maximum absolute atomic E-state index is 12.6. The Balaban J connectivity index is 1.59. The normalized spacial score (nSPS) is 17.6. The molecule has 0 N–H and O–H groups in total. The van der Waals surface area contributed by atoms with E-state index in [0.29, 0.717) is 27.0 Å². The maximum Gasteiger partial charge on any atom is 0.293 e. The van der Waals surface area contributed by atoms with Crippen LogP contribution in [0, 0.1) is 0 Å². The van der Waals surface area contributed by atoms with E-state index in [1.54, 1.807) is 18.2 Å². The molecule has 0 bridgehead atoms. The molecule has 126 valence electrons. The SMILES string of the molecule is O=C1S/C(=C/c2ccccc2)C(=O)N1Cc1cc2c(cc1Cl)OCO2. The summed E-state index contributed by atoms with van der Waals surface area (Å²) in [6, 6.07) is 12.7. The fourth-order valence-corrected chi connectivity index (χ4v) is 3.64. The Morgan fingerprint density at radius 3 is 2.60 bits per heavy atom. The van der Waals surface area contributed by atoms with Crippen LogP contribution in [-0.2, 0) is 11.3 Å². The summed E-state index contributed by atoms with van der Waals surface area (Å²) >= 11 is 7.17. The minimum Gasteiger partial charge on any atom is -0.454 e. The highest BCUT2D eigenvalue weighted by atomic mass is 35.5. The Bertz CT molecular complexity index is 897. The van der Waals surface area contributed by atoms with Gasteiger partial charge in [0.15, 0.2) is 11.5 Å². The zero-order chi connectivity index (χ0) is 17.4. The number of benzene rings is 2. The van der Waals surface area contributed by atoms with Gasteiger partial charge in [-0.05, 0) is 35.0 Å². The van der Waals surface area contributed by atoms with Gasteiger partial charge in [-0.1, -0.05) is 41.9 Å². The molecule has 2 aromatic rings. The van der Waals surface area contributed by atoms with Gasteiger partial charge in [0.2, 0.25) is 6.79 Å². The number of rotatable bonds is 3. The molecule has 0 unspecified atom stereocenters. The number of thioether (sulfide) groups is 1. The molecule has 0 spiro atoms. The molecule has 4 rings (SSSR count). The molecule has 5 nitrogen and oxygen atoms in total. The predicted octanol–water partition coefficient (Wildman–Crippen LogP) is 4.31. The van der Waals surface area contributed by atoms with Crippen LogP contribution in [0.15, 0.2) is 47.4 Å². The van der Waals surface area contributed by atoms with Gasteiger partial charge in [0.1, 0.15) is 0 Å². The topological polar surface area (TPSA) is 55.8 Å². The lowest BCUT2D eigenvalue weighted by Crippen LogP contribution is -2.27. The summed E-state index contributed by atoms with van der Waals surface area (Å²) in [6.07, 6.45) is 1.71. The van der Waals surface area contributed by atoms with Crippen LogP contribution in [0.25, 0.3) is 6.08 Å². The Morgan fingerprint density at radius 2 is 1.84 bits per heavy atom. The van der Waals surface area contributed by atoms with Crippen molar-refractivity contribution in [1.29, 1.82) is 0 Å². The van der Waals surface area contributed by atoms with Crippen molar-refractivity contribution >= 4 is 40.6 Å². The van der Waals surface area contributed by atoms with Crippen molar-refractivity contribution in [2.24, 2.45) is 0 Å². The van der Waals surface area contributed by atoms with Crippen molar-refractivity contribution in [3.05, 3.63) is 63.5 Å². The van der Waals surface area contributed by atoms with Gasteiger partial charge in [-0.3, -0.25) is 14.5 Å². The summed E-state index contributed by atoms with van der Waals surface area (Å²) in [5.74, 6) is 0.797. The highest BCUT2D eigenvalue weighted by Gasteiger charge is 2.35. The second-order valence-corrected chi connectivity index (χ2v) is 6.88. The first-order valence-corrected chi connectivity index (χ1v) is 8.70. The van der Waals surface area contributed by atoms with Crippen LogP contribution in [0.5, 0.6) is 11.5 Å². The number of nitrogens with zero attached hydrogens (tertiary/aromatic N) is 1. The number of halogens is 1. The lowest BCUT2D eigenvalue weighted by atomic mass is 10.1. The van der Waals surface area contributed by atoms with Crippen LogP contribution < -0.4 is 9.47 Å². The number of hydrogen-bond acceptors (Lipinski definition) is 5. The molecule has 25 heavy (non-hydrogen) atoms. The Morgan fingerprint density at radius 1 is 1.12 bits per heavy atom. The minimum absolute atomic E-state index is 0.0896. The molecular formula is C18H12ClNO4S. The van der Waals surface area contributed by atoms with Crippen molar-refractivity contribution in [2.45, 2.75) is 6.54 Å². The van der Waals surface area contributed by atoms with E-state index in [1.165, 1.54) is 4.90 Å². The van der Waals surface area contributed by atoms with E-state index < -0.39 is 0 Å². The number of imide groups is 1. The third-order valence-electron chi connectivity index (χ3n) is 3.84. The zero-order valence-corrected chi connectivity index (χ0v) is 14.5. The third kappa shape index (κ3) is 3.10. The Hall–Kier alpha value is -2.44. The third-order valence-corrected chi connectivity index (χ3v) is 5.10. The highest BCUT2D eigenvalue weighted by molar-refractivity contribution is 8.18. The molecule has 1 fully saturated rings. The fraction of sp³-hybridized carbons (Fsp3) is 0.111. The standard InChI is InChI=1S/C18H12ClNO4S/c19-13-8-15-14(23-10-24-15)7-12(13)9-20-17(21)16(25-18(20)22)6-11-4-2-1-3-5-11/h1-8H,9-10H2/b16-6+. The van der Waals surface area contributed by atoms with Gasteiger partial charge in [-0.2, -0.15) is 0 Å². The van der Waals surface area contributed by atoms with Crippen molar-refractivity contribution in [1.82, 2.24) is 4.90 Å². The monoisotopic (exact) mass is 373 g/mol. The van der Waals surface area contributed by atoms with Gasteiger partial charge in [0.25, 0.3) is 11.1 Å². The zero-order valence-electron chi connectivity index (χ0n) is 12.9. The molecule has 0 saturated carbocycles. The van der Waals surface area contributed by atoms with Crippen molar-refractivity contribution in [3.8, 4) is 11.5 Å². The predicted molar refractivity (Wildman–Crippen MR) is 95.5 cm³/mol. The van der Waals surface area contributed by atoms with Gasteiger partial charge in [0, 0.05) is 11.1 Å². The lowest BCUT2D eigenvalue weighted by molar-refractivity contribution is -0.123. The summed E-state index contributed by atoms with van der Waals surface area (Å²) < 4.78 is 10.6. The smallest absolute Gasteiger partial charge is 0.293 e. The van der Waals surface area contributed by atoms with Crippen molar-refractivity contribution in [3.63, 3.8) is 0 Å². The molecule has 0 aliphatic carbocycles. The van der Waals surface area contributed by atoms with Gasteiger partial charge in [0.05, 0.1) is 11.4 Å². The Labute approximate surface area is 153 Å². The number of amides is 2. The molecule has 2 amide bonds. The van der Waals surface area contributed by atoms with Gasteiger partial charge in [-0.25, -0.2) is 0 Å². The summed E-state index contributed by atoms with van der Waals surface area (Å²) in [6.45, 7) is 0.225. The summed E-state index contributed by atoms with van der Waals surface area (Å²) in [5, 5.41) is 0.108. The molecule has 2 aliphatic rings. The molecule has 7 heteroatoms. The average Bonchev–Trinajstić information content (AvgIpc) is 3.15. The molecular weight excluding hydrogens is 362 g/mol. The minimum atomic E-state index is -0.326. The number of carbonyl (C=O) groups is 2. The molecule has 2 aliphatic heterocycles. The van der Waals surface area contributed by atoms with Crippen LogP contribution in [0.1, 0.15) is 11.1 Å². The average molecular weight is 374 g/mol. The highest BCUT2D eigenvalue weighted by Crippen LogP contribution is 2.39. The quantitative estimate of drug-likeness (QED) is 0.750. The molecule has 0 atom stereocenters. The summed E-state index contributed by atoms with van der Waals surface area (Å²) in [7, 11) is 0. The van der Waals surface area contributed by atoms with Crippen LogP contribution in [0.3, 0.4) is 0 Å². The second kappa shape index (κ2) is 6.46. The van der Waals surface area contributed by atoms with E-state index in [-0.39, 0.29) is 24.5 Å². The van der Waals surface area contributed by atoms with Gasteiger partial charge < -0.3 is 9.47 Å². The second-order valence-electron chi connectivity index (χ2n) is 5.48. The molecule has 0 aromatic heterocycles. The van der Waals surface area contributed by atoms with E-state index in [2.05, 4.69) is 0 Å². The van der Waals surface area contributed by atoms with Crippen molar-refractivity contribution < 1.29 is 19.1 Å². The lowest BCUT2D eigenvalue weighted by Gasteiger charge is -2.14. The first-order valence-electron chi connectivity index (χ1n) is 7.50. The van der Waals surface area contributed by atoms with Crippen LogP contribution >= 0.6 is 23.4 Å². The van der Waals surface area contributed by atoms with Crippen LogP contribution in [-0.4, -0.2) is 22.8 Å². The fourth-order valence-electron chi connectivity index (χ4n) is 2.59. The van der Waals surface area contributed by atoms with E-state index >= 15 is 0 Å². The molecule has 0 radical (unpaired) electrons. The van der Waals surface area contributed by atoms with Crippen LogP contribution in [0.4, 0.5) is 4.79 Å². The van der Waals surface area contributed by atoms with Gasteiger partial charge in [-0.15, -0.1) is 0 Å². The summed E-state index contributed by atoms with van der Waals surface area (Å²) in [5.41, 5.74) is 1.50. The Kier molecular flexibility index (Phi) is 4.15. The number of carbonyl (C=O) groups excluding carboxylic acids is 2. The molecule has 2 aromatic carbocycles. The largest absolute Gasteiger partial charge is 0.454 e. The maximum atomic E-state index is 12.6. The number of hydrogen-bond donors (Lipinski definition) is 0.